The number of benzene rings is 1. The maximum absolute atomic E-state index is 12.7. The third kappa shape index (κ3) is 3.73. The van der Waals surface area contributed by atoms with Crippen LogP contribution in [-0.4, -0.2) is 49.6 Å². The molecule has 1 saturated carbocycles. The fourth-order valence-corrected chi connectivity index (χ4v) is 4.40. The number of nitrogens with zero attached hydrogens (tertiary/aromatic N) is 1. The lowest BCUT2D eigenvalue weighted by Gasteiger charge is -2.17. The van der Waals surface area contributed by atoms with Gasteiger partial charge in [-0.3, -0.25) is 0 Å². The minimum atomic E-state index is -3.68. The van der Waals surface area contributed by atoms with Crippen LogP contribution < -0.4 is 0 Å². The lowest BCUT2D eigenvalue weighted by Crippen LogP contribution is -2.30. The van der Waals surface area contributed by atoms with E-state index in [2.05, 4.69) is 0 Å². The van der Waals surface area contributed by atoms with Gasteiger partial charge in [0.1, 0.15) is 0 Å². The lowest BCUT2D eigenvalue weighted by atomic mass is 10.1. The Hall–Kier alpha value is -1.44. The van der Waals surface area contributed by atoms with Crippen LogP contribution in [-0.2, 0) is 14.8 Å². The SMILES string of the molecule is Cc1cc(C(=O)O)cc(S(=O)(=O)N2CCC(OCC3CC3)C2)c1. The average Bonchev–Trinajstić information content (AvgIpc) is 3.20. The van der Waals surface area contributed by atoms with Crippen LogP contribution in [0, 0.1) is 12.8 Å². The molecule has 2 fully saturated rings. The van der Waals surface area contributed by atoms with Crippen molar-refractivity contribution in [3.05, 3.63) is 29.3 Å². The molecule has 0 spiro atoms. The van der Waals surface area contributed by atoms with Gasteiger partial charge < -0.3 is 9.84 Å². The van der Waals surface area contributed by atoms with E-state index in [0.29, 0.717) is 37.6 Å². The van der Waals surface area contributed by atoms with E-state index in [1.807, 2.05) is 0 Å². The molecule has 126 valence electrons. The number of rotatable bonds is 6. The number of hydrogen-bond acceptors (Lipinski definition) is 4. The Balaban J connectivity index is 1.74. The van der Waals surface area contributed by atoms with E-state index in [1.54, 1.807) is 6.92 Å². The second-order valence-corrected chi connectivity index (χ2v) is 8.33. The fraction of sp³-hybridized carbons (Fsp3) is 0.562. The monoisotopic (exact) mass is 339 g/mol. The van der Waals surface area contributed by atoms with E-state index in [1.165, 1.54) is 35.3 Å². The van der Waals surface area contributed by atoms with Crippen LogP contribution in [0.1, 0.15) is 35.2 Å². The van der Waals surface area contributed by atoms with Gasteiger partial charge in [-0.05, 0) is 55.9 Å². The molecule has 0 bridgehead atoms. The van der Waals surface area contributed by atoms with E-state index in [-0.39, 0.29) is 16.6 Å². The number of carbonyl (C=O) groups is 1. The summed E-state index contributed by atoms with van der Waals surface area (Å²) in [6.45, 7) is 3.16. The average molecular weight is 339 g/mol. The summed E-state index contributed by atoms with van der Waals surface area (Å²) in [6, 6.07) is 4.20. The molecule has 1 aliphatic heterocycles. The highest BCUT2D eigenvalue weighted by atomic mass is 32.2. The number of aromatic carboxylic acids is 1. The maximum Gasteiger partial charge on any atom is 0.335 e. The second-order valence-electron chi connectivity index (χ2n) is 6.39. The van der Waals surface area contributed by atoms with Gasteiger partial charge >= 0.3 is 5.97 Å². The van der Waals surface area contributed by atoms with Crippen LogP contribution in [0.5, 0.6) is 0 Å². The third-order valence-corrected chi connectivity index (χ3v) is 6.15. The topological polar surface area (TPSA) is 83.9 Å². The van der Waals surface area contributed by atoms with Gasteiger partial charge in [-0.15, -0.1) is 0 Å². The van der Waals surface area contributed by atoms with Crippen molar-refractivity contribution in [3.8, 4) is 0 Å². The van der Waals surface area contributed by atoms with E-state index >= 15 is 0 Å². The highest BCUT2D eigenvalue weighted by Crippen LogP contribution is 2.30. The Morgan fingerprint density at radius 2 is 2.04 bits per heavy atom. The summed E-state index contributed by atoms with van der Waals surface area (Å²) in [7, 11) is -3.68. The molecule has 3 rings (SSSR count). The van der Waals surface area contributed by atoms with Crippen molar-refractivity contribution >= 4 is 16.0 Å². The third-order valence-electron chi connectivity index (χ3n) is 4.31. The van der Waals surface area contributed by atoms with Crippen LogP contribution in [0.3, 0.4) is 0 Å². The lowest BCUT2D eigenvalue weighted by molar-refractivity contribution is 0.0561. The van der Waals surface area contributed by atoms with E-state index in [0.717, 1.165) is 0 Å². The van der Waals surface area contributed by atoms with Crippen LogP contribution >= 0.6 is 0 Å². The quantitative estimate of drug-likeness (QED) is 0.855. The van der Waals surface area contributed by atoms with Crippen LogP contribution in [0.2, 0.25) is 0 Å². The first kappa shape index (κ1) is 16.4. The van der Waals surface area contributed by atoms with E-state index in [4.69, 9.17) is 9.84 Å². The molecular formula is C16H21NO5S. The second kappa shape index (κ2) is 6.22. The standard InChI is InChI=1S/C16H21NO5S/c1-11-6-13(16(18)19)8-15(7-11)23(20,21)17-5-4-14(9-17)22-10-12-2-3-12/h6-8,12,14H,2-5,9-10H2,1H3,(H,18,19). The zero-order chi connectivity index (χ0) is 16.6. The zero-order valence-electron chi connectivity index (χ0n) is 13.1. The minimum Gasteiger partial charge on any atom is -0.478 e. The molecule has 1 N–H and O–H groups in total. The number of carboxylic acids is 1. The van der Waals surface area contributed by atoms with Crippen LogP contribution in [0.25, 0.3) is 0 Å². The summed E-state index contributed by atoms with van der Waals surface area (Å²) in [5.74, 6) is -0.479. The highest BCUT2D eigenvalue weighted by molar-refractivity contribution is 7.89. The van der Waals surface area contributed by atoms with E-state index in [9.17, 15) is 13.2 Å². The van der Waals surface area contributed by atoms with Gasteiger partial charge in [0.25, 0.3) is 0 Å². The van der Waals surface area contributed by atoms with Crippen molar-refractivity contribution in [2.45, 2.75) is 37.2 Å². The highest BCUT2D eigenvalue weighted by Gasteiger charge is 2.34. The fourth-order valence-electron chi connectivity index (χ4n) is 2.78. The molecule has 1 atom stereocenters. The largest absolute Gasteiger partial charge is 0.478 e. The first-order chi connectivity index (χ1) is 10.9. The van der Waals surface area contributed by atoms with Crippen molar-refractivity contribution in [2.75, 3.05) is 19.7 Å². The number of aryl methyl sites for hydroxylation is 1. The molecule has 1 heterocycles. The van der Waals surface area contributed by atoms with E-state index < -0.39 is 16.0 Å². The Kier molecular flexibility index (Phi) is 4.44. The molecule has 1 unspecified atom stereocenters. The van der Waals surface area contributed by atoms with Gasteiger partial charge in [0.15, 0.2) is 0 Å². The van der Waals surface area contributed by atoms with Crippen molar-refractivity contribution in [2.24, 2.45) is 5.92 Å². The summed E-state index contributed by atoms with van der Waals surface area (Å²) in [6.07, 6.45) is 3.03. The molecule has 1 saturated heterocycles. The zero-order valence-corrected chi connectivity index (χ0v) is 13.9. The Morgan fingerprint density at radius 1 is 1.30 bits per heavy atom. The molecular weight excluding hydrogens is 318 g/mol. The molecule has 1 aliphatic carbocycles. The number of carboxylic acid groups (broad SMARTS) is 1. The van der Waals surface area contributed by atoms with Crippen molar-refractivity contribution in [1.82, 2.24) is 4.31 Å². The maximum atomic E-state index is 12.7. The number of ether oxygens (including phenoxy) is 1. The van der Waals surface area contributed by atoms with Gasteiger partial charge in [-0.1, -0.05) is 0 Å². The molecule has 6 nitrogen and oxygen atoms in total. The smallest absolute Gasteiger partial charge is 0.335 e. The van der Waals surface area contributed by atoms with Crippen molar-refractivity contribution < 1.29 is 23.1 Å². The van der Waals surface area contributed by atoms with Crippen molar-refractivity contribution in [3.63, 3.8) is 0 Å². The molecule has 0 aromatic heterocycles. The summed E-state index contributed by atoms with van der Waals surface area (Å²) < 4.78 is 32.6. The molecule has 1 aromatic carbocycles. The predicted molar refractivity (Wildman–Crippen MR) is 84.0 cm³/mol. The Morgan fingerprint density at radius 3 is 2.70 bits per heavy atom. The molecule has 2 aliphatic rings. The summed E-state index contributed by atoms with van der Waals surface area (Å²) in [5.41, 5.74) is 0.605. The molecule has 0 amide bonds. The van der Waals surface area contributed by atoms with Crippen molar-refractivity contribution in [1.29, 1.82) is 0 Å². The van der Waals surface area contributed by atoms with Gasteiger partial charge in [0, 0.05) is 19.7 Å². The predicted octanol–water partition coefficient (Wildman–Crippen LogP) is 1.88. The Bertz CT molecular complexity index is 711. The molecule has 1 aromatic rings. The van der Waals surface area contributed by atoms with Gasteiger partial charge in [0.05, 0.1) is 16.6 Å². The summed E-state index contributed by atoms with van der Waals surface area (Å²) in [4.78, 5) is 11.2. The number of hydrogen-bond donors (Lipinski definition) is 1. The summed E-state index contributed by atoms with van der Waals surface area (Å²) >= 11 is 0. The van der Waals surface area contributed by atoms with Crippen LogP contribution in [0.15, 0.2) is 23.1 Å². The Labute approximate surface area is 136 Å². The molecule has 0 radical (unpaired) electrons. The molecule has 23 heavy (non-hydrogen) atoms. The normalized spacial score (nSPS) is 22.4. The summed E-state index contributed by atoms with van der Waals surface area (Å²) in [5, 5.41) is 9.11. The van der Waals surface area contributed by atoms with Gasteiger partial charge in [-0.25, -0.2) is 13.2 Å². The molecule has 7 heteroatoms. The minimum absolute atomic E-state index is 0.00990. The van der Waals surface area contributed by atoms with Gasteiger partial charge in [-0.2, -0.15) is 4.31 Å². The first-order valence-electron chi connectivity index (χ1n) is 7.83. The first-order valence-corrected chi connectivity index (χ1v) is 9.27. The van der Waals surface area contributed by atoms with Gasteiger partial charge in [0.2, 0.25) is 10.0 Å². The van der Waals surface area contributed by atoms with Crippen LogP contribution in [0.4, 0.5) is 0 Å². The number of sulfonamides is 1.